The van der Waals surface area contributed by atoms with Crippen LogP contribution in [0.4, 0.5) is 0 Å². The Kier molecular flexibility index (Phi) is 4.55. The Labute approximate surface area is 129 Å². The molecule has 1 fully saturated rings. The Morgan fingerprint density at radius 3 is 2.68 bits per heavy atom. The van der Waals surface area contributed by atoms with Gasteiger partial charge in [0.15, 0.2) is 0 Å². The fourth-order valence-electron chi connectivity index (χ4n) is 2.67. The van der Waals surface area contributed by atoms with E-state index in [-0.39, 0.29) is 11.1 Å². The number of carbonyl (C=O) groups is 1. The highest BCUT2D eigenvalue weighted by Crippen LogP contribution is 2.23. The van der Waals surface area contributed by atoms with Crippen molar-refractivity contribution in [1.29, 1.82) is 0 Å². The summed E-state index contributed by atoms with van der Waals surface area (Å²) in [6, 6.07) is 0. The molecule has 0 aliphatic carbocycles. The van der Waals surface area contributed by atoms with Crippen LogP contribution in [0.25, 0.3) is 0 Å². The topological polar surface area (TPSA) is 87.2 Å². The number of carbonyl (C=O) groups excluding carboxylic acids is 1. The smallest absolute Gasteiger partial charge is 0.328 e. The quantitative estimate of drug-likeness (QED) is 0.818. The first-order chi connectivity index (χ1) is 10.2. The molecule has 7 nitrogen and oxygen atoms in total. The number of amides is 1. The molecule has 1 saturated heterocycles. The number of hydrogen-bond acceptors (Lipinski definition) is 4. The molecule has 2 heterocycles. The first kappa shape index (κ1) is 16.5. The van der Waals surface area contributed by atoms with Crippen molar-refractivity contribution in [3.05, 3.63) is 32.6 Å². The van der Waals surface area contributed by atoms with Crippen LogP contribution in [-0.2, 0) is 7.05 Å². The van der Waals surface area contributed by atoms with Gasteiger partial charge in [0, 0.05) is 31.9 Å². The second-order valence-corrected chi connectivity index (χ2v) is 6.89. The number of nitrogens with one attached hydrogen (secondary N) is 2. The molecule has 122 valence electrons. The fourth-order valence-corrected chi connectivity index (χ4v) is 2.67. The lowest BCUT2D eigenvalue weighted by Crippen LogP contribution is -2.41. The molecule has 0 radical (unpaired) electrons. The molecule has 22 heavy (non-hydrogen) atoms. The highest BCUT2D eigenvalue weighted by molar-refractivity contribution is 5.93. The first-order valence-electron chi connectivity index (χ1n) is 7.51. The van der Waals surface area contributed by atoms with Crippen molar-refractivity contribution < 1.29 is 4.79 Å². The molecule has 1 amide bonds. The highest BCUT2D eigenvalue weighted by Gasteiger charge is 2.30. The Balaban J connectivity index is 1.96. The molecule has 0 unspecified atom stereocenters. The zero-order valence-corrected chi connectivity index (χ0v) is 13.6. The van der Waals surface area contributed by atoms with Crippen molar-refractivity contribution in [2.24, 2.45) is 13.0 Å². The minimum atomic E-state index is -0.650. The summed E-state index contributed by atoms with van der Waals surface area (Å²) >= 11 is 0. The molecule has 2 N–H and O–H groups in total. The molecule has 2 rings (SSSR count). The molecule has 0 bridgehead atoms. The summed E-state index contributed by atoms with van der Waals surface area (Å²) in [6.07, 6.45) is 2.30. The standard InChI is InChI=1S/C15H24N4O3/c1-15(2,3)19-6-5-10(8-19)7-16-12(20)11-9-18(4)14(22)17-13(11)21/h9-10H,5-8H2,1-4H3,(H,16,20)(H,17,21,22)/t10-/m1/s1. The molecule has 0 aromatic carbocycles. The second kappa shape index (κ2) is 6.08. The van der Waals surface area contributed by atoms with E-state index in [0.29, 0.717) is 12.5 Å². The largest absolute Gasteiger partial charge is 0.351 e. The van der Waals surface area contributed by atoms with Crippen molar-refractivity contribution >= 4 is 5.91 Å². The van der Waals surface area contributed by atoms with Crippen LogP contribution in [0.5, 0.6) is 0 Å². The Morgan fingerprint density at radius 2 is 2.09 bits per heavy atom. The average molecular weight is 308 g/mol. The summed E-state index contributed by atoms with van der Waals surface area (Å²) in [6.45, 7) is 9.03. The van der Waals surface area contributed by atoms with Gasteiger partial charge in [-0.25, -0.2) is 4.79 Å². The van der Waals surface area contributed by atoms with Gasteiger partial charge in [-0.3, -0.25) is 19.5 Å². The average Bonchev–Trinajstić information content (AvgIpc) is 2.89. The van der Waals surface area contributed by atoms with Gasteiger partial charge < -0.3 is 9.88 Å². The zero-order chi connectivity index (χ0) is 16.5. The maximum absolute atomic E-state index is 12.1. The molecule has 1 aliphatic heterocycles. The van der Waals surface area contributed by atoms with Crippen LogP contribution in [0.3, 0.4) is 0 Å². The fraction of sp³-hybridized carbons (Fsp3) is 0.667. The number of rotatable bonds is 3. The third-order valence-electron chi connectivity index (χ3n) is 4.14. The van der Waals surface area contributed by atoms with Crippen LogP contribution >= 0.6 is 0 Å². The third kappa shape index (κ3) is 3.65. The van der Waals surface area contributed by atoms with Gasteiger partial charge in [0.25, 0.3) is 11.5 Å². The van der Waals surface area contributed by atoms with E-state index in [1.54, 1.807) is 0 Å². The number of likely N-dealkylation sites (tertiary alicyclic amines) is 1. The van der Waals surface area contributed by atoms with Crippen LogP contribution in [0.15, 0.2) is 15.8 Å². The van der Waals surface area contributed by atoms with Crippen molar-refractivity contribution in [2.45, 2.75) is 32.7 Å². The lowest BCUT2D eigenvalue weighted by molar-refractivity contribution is 0.0943. The number of aromatic nitrogens is 2. The molecule has 0 spiro atoms. The second-order valence-electron chi connectivity index (χ2n) is 6.89. The Morgan fingerprint density at radius 1 is 1.41 bits per heavy atom. The summed E-state index contributed by atoms with van der Waals surface area (Å²) in [5.41, 5.74) is -1.08. The van der Waals surface area contributed by atoms with Gasteiger partial charge in [0.1, 0.15) is 5.56 Å². The summed E-state index contributed by atoms with van der Waals surface area (Å²) in [7, 11) is 1.49. The molecular weight excluding hydrogens is 284 g/mol. The van der Waals surface area contributed by atoms with E-state index in [1.807, 2.05) is 0 Å². The van der Waals surface area contributed by atoms with Crippen molar-refractivity contribution in [2.75, 3.05) is 19.6 Å². The van der Waals surface area contributed by atoms with Crippen LogP contribution in [0, 0.1) is 5.92 Å². The normalized spacial score (nSPS) is 19.4. The van der Waals surface area contributed by atoms with Gasteiger partial charge in [-0.2, -0.15) is 0 Å². The number of aryl methyl sites for hydroxylation is 1. The van der Waals surface area contributed by atoms with Crippen molar-refractivity contribution in [3.8, 4) is 0 Å². The van der Waals surface area contributed by atoms with Crippen LogP contribution in [-0.4, -0.2) is 45.5 Å². The molecule has 1 aromatic heterocycles. The van der Waals surface area contributed by atoms with E-state index in [9.17, 15) is 14.4 Å². The van der Waals surface area contributed by atoms with E-state index in [0.717, 1.165) is 19.5 Å². The lowest BCUT2D eigenvalue weighted by Gasteiger charge is -2.31. The Bertz CT molecular complexity index is 669. The van der Waals surface area contributed by atoms with E-state index in [2.05, 4.69) is 36.0 Å². The summed E-state index contributed by atoms with van der Waals surface area (Å²) in [5, 5.41) is 2.80. The van der Waals surface area contributed by atoms with Gasteiger partial charge in [0.05, 0.1) is 0 Å². The number of aromatic amines is 1. The minimum absolute atomic E-state index is 0.0345. The maximum Gasteiger partial charge on any atom is 0.328 e. The molecule has 7 heteroatoms. The number of H-pyrrole nitrogens is 1. The van der Waals surface area contributed by atoms with E-state index >= 15 is 0 Å². The number of nitrogens with zero attached hydrogens (tertiary/aromatic N) is 2. The predicted octanol–water partition coefficient (Wildman–Crippen LogP) is -0.0762. The molecular formula is C15H24N4O3. The predicted molar refractivity (Wildman–Crippen MR) is 84.1 cm³/mol. The lowest BCUT2D eigenvalue weighted by atomic mass is 10.1. The zero-order valence-electron chi connectivity index (χ0n) is 13.6. The molecule has 0 saturated carbocycles. The van der Waals surface area contributed by atoms with Crippen LogP contribution in [0.2, 0.25) is 0 Å². The van der Waals surface area contributed by atoms with Crippen LogP contribution in [0.1, 0.15) is 37.6 Å². The summed E-state index contributed by atoms with van der Waals surface area (Å²) in [5.74, 6) is -0.0548. The number of hydrogen-bond donors (Lipinski definition) is 2. The third-order valence-corrected chi connectivity index (χ3v) is 4.14. The molecule has 1 aromatic rings. The van der Waals surface area contributed by atoms with Crippen molar-refractivity contribution in [3.63, 3.8) is 0 Å². The van der Waals surface area contributed by atoms with Gasteiger partial charge in [-0.15, -0.1) is 0 Å². The maximum atomic E-state index is 12.1. The van der Waals surface area contributed by atoms with E-state index in [1.165, 1.54) is 17.8 Å². The van der Waals surface area contributed by atoms with Gasteiger partial charge in [-0.1, -0.05) is 0 Å². The summed E-state index contributed by atoms with van der Waals surface area (Å²) < 4.78 is 1.19. The molecule has 1 atom stereocenters. The Hall–Kier alpha value is -1.89. The first-order valence-corrected chi connectivity index (χ1v) is 7.51. The molecule has 1 aliphatic rings. The SMILES string of the molecule is Cn1cc(C(=O)NC[C@H]2CCN(C(C)(C)C)C2)c(=O)[nH]c1=O. The monoisotopic (exact) mass is 308 g/mol. The van der Waals surface area contributed by atoms with Crippen LogP contribution < -0.4 is 16.6 Å². The van der Waals surface area contributed by atoms with Gasteiger partial charge in [-0.05, 0) is 39.7 Å². The van der Waals surface area contributed by atoms with E-state index < -0.39 is 17.2 Å². The van der Waals surface area contributed by atoms with Crippen molar-refractivity contribution in [1.82, 2.24) is 19.8 Å². The van der Waals surface area contributed by atoms with Gasteiger partial charge in [0.2, 0.25) is 0 Å². The highest BCUT2D eigenvalue weighted by atomic mass is 16.2. The summed E-state index contributed by atoms with van der Waals surface area (Å²) in [4.78, 5) is 39.6. The minimum Gasteiger partial charge on any atom is -0.351 e. The van der Waals surface area contributed by atoms with Gasteiger partial charge >= 0.3 is 5.69 Å². The van der Waals surface area contributed by atoms with E-state index in [4.69, 9.17) is 0 Å².